The zero-order chi connectivity index (χ0) is 19.7. The molecule has 3 nitrogen and oxygen atoms in total. The van der Waals surface area contributed by atoms with Gasteiger partial charge in [-0.2, -0.15) is 13.2 Å². The molecule has 0 atom stereocenters. The van der Waals surface area contributed by atoms with Crippen LogP contribution < -0.4 is 4.90 Å². The fourth-order valence-corrected chi connectivity index (χ4v) is 3.76. The number of hydrogen-bond donors (Lipinski definition) is 1. The van der Waals surface area contributed by atoms with Gasteiger partial charge in [0.1, 0.15) is 5.75 Å². The van der Waals surface area contributed by atoms with Crippen molar-refractivity contribution < 1.29 is 18.3 Å². The summed E-state index contributed by atoms with van der Waals surface area (Å²) in [5.41, 5.74) is 0.876. The van der Waals surface area contributed by atoms with Gasteiger partial charge < -0.3 is 10.0 Å². The lowest BCUT2D eigenvalue weighted by Crippen LogP contribution is -2.46. The van der Waals surface area contributed by atoms with Gasteiger partial charge in [-0.3, -0.25) is 4.90 Å². The number of nitrogens with zero attached hydrogens (tertiary/aromatic N) is 2. The molecule has 0 radical (unpaired) electrons. The molecule has 146 valence electrons. The molecule has 1 fully saturated rings. The van der Waals surface area contributed by atoms with E-state index in [1.165, 1.54) is 12.1 Å². The summed E-state index contributed by atoms with van der Waals surface area (Å²) in [6.45, 7) is 3.35. The van der Waals surface area contributed by atoms with Crippen LogP contribution in [-0.4, -0.2) is 36.2 Å². The van der Waals surface area contributed by atoms with Crippen molar-refractivity contribution in [3.8, 4) is 5.75 Å². The first-order chi connectivity index (χ1) is 13.4. The molecule has 28 heavy (non-hydrogen) atoms. The summed E-state index contributed by atoms with van der Waals surface area (Å²) in [4.78, 5) is 4.21. The van der Waals surface area contributed by atoms with Crippen LogP contribution in [0.3, 0.4) is 0 Å². The summed E-state index contributed by atoms with van der Waals surface area (Å²) in [6.07, 6.45) is -4.33. The Balaban J connectivity index is 1.47. The summed E-state index contributed by atoms with van der Waals surface area (Å²) in [7, 11) is 0. The Morgan fingerprint density at radius 3 is 2.36 bits per heavy atom. The van der Waals surface area contributed by atoms with Crippen molar-refractivity contribution >= 4 is 16.5 Å². The Hall–Kier alpha value is -2.73. The minimum atomic E-state index is -4.33. The molecule has 0 saturated carbocycles. The van der Waals surface area contributed by atoms with Gasteiger partial charge in [-0.25, -0.2) is 0 Å². The number of fused-ring (bicyclic) bond motifs is 1. The lowest BCUT2D eigenvalue weighted by molar-refractivity contribution is -0.137. The molecule has 3 aromatic rings. The van der Waals surface area contributed by atoms with Crippen molar-refractivity contribution in [1.82, 2.24) is 4.90 Å². The second kappa shape index (κ2) is 7.36. The number of anilines is 1. The average Bonchev–Trinajstić information content (AvgIpc) is 2.70. The predicted octanol–water partition coefficient (Wildman–Crippen LogP) is 4.89. The number of phenolic OH excluding ortho intramolecular Hbond substituents is 1. The lowest BCUT2D eigenvalue weighted by Gasteiger charge is -2.36. The molecule has 0 amide bonds. The molecule has 0 bridgehead atoms. The highest BCUT2D eigenvalue weighted by Gasteiger charge is 2.31. The Labute approximate surface area is 161 Å². The Bertz CT molecular complexity index is 979. The van der Waals surface area contributed by atoms with E-state index in [1.54, 1.807) is 12.1 Å². The van der Waals surface area contributed by atoms with Crippen molar-refractivity contribution in [3.63, 3.8) is 0 Å². The highest BCUT2D eigenvalue weighted by atomic mass is 19.4. The summed E-state index contributed by atoms with van der Waals surface area (Å²) >= 11 is 0. The van der Waals surface area contributed by atoms with E-state index in [0.717, 1.165) is 35.5 Å². The first-order valence-electron chi connectivity index (χ1n) is 9.26. The van der Waals surface area contributed by atoms with E-state index in [1.807, 2.05) is 35.2 Å². The maximum Gasteiger partial charge on any atom is 0.416 e. The molecule has 0 unspecified atom stereocenters. The van der Waals surface area contributed by atoms with E-state index < -0.39 is 11.7 Å². The third-order valence-electron chi connectivity index (χ3n) is 5.31. The molecule has 1 heterocycles. The largest absolute Gasteiger partial charge is 0.508 e. The van der Waals surface area contributed by atoms with Crippen LogP contribution in [0.1, 0.15) is 11.1 Å². The SMILES string of the molecule is Oc1ccc2ccccc2c1CN1CCN(c2cccc(C(F)(F)F)c2)CC1. The monoisotopic (exact) mass is 386 g/mol. The molecule has 1 saturated heterocycles. The van der Waals surface area contributed by atoms with Crippen molar-refractivity contribution in [2.75, 3.05) is 31.1 Å². The molecule has 0 spiro atoms. The van der Waals surface area contributed by atoms with E-state index in [9.17, 15) is 18.3 Å². The highest BCUT2D eigenvalue weighted by molar-refractivity contribution is 5.87. The summed E-state index contributed by atoms with van der Waals surface area (Å²) < 4.78 is 38.9. The highest BCUT2D eigenvalue weighted by Crippen LogP contribution is 2.32. The fraction of sp³-hybridized carbons (Fsp3) is 0.273. The van der Waals surface area contributed by atoms with Gasteiger partial charge in [0.2, 0.25) is 0 Å². The molecule has 4 rings (SSSR count). The number of benzene rings is 3. The third-order valence-corrected chi connectivity index (χ3v) is 5.31. The molecular formula is C22H21F3N2O. The van der Waals surface area contributed by atoms with Gasteiger partial charge in [-0.15, -0.1) is 0 Å². The second-order valence-electron chi connectivity index (χ2n) is 7.10. The molecule has 6 heteroatoms. The number of halogens is 3. The molecule has 1 N–H and O–H groups in total. The van der Waals surface area contributed by atoms with Crippen LogP contribution >= 0.6 is 0 Å². The van der Waals surface area contributed by atoms with Gasteiger partial charge in [-0.1, -0.05) is 36.4 Å². The van der Waals surface area contributed by atoms with Gasteiger partial charge >= 0.3 is 6.18 Å². The van der Waals surface area contributed by atoms with Crippen molar-refractivity contribution in [1.29, 1.82) is 0 Å². The smallest absolute Gasteiger partial charge is 0.416 e. The second-order valence-corrected chi connectivity index (χ2v) is 7.10. The first kappa shape index (κ1) is 18.6. The third kappa shape index (κ3) is 3.78. The number of piperazine rings is 1. The number of rotatable bonds is 3. The van der Waals surface area contributed by atoms with Crippen LogP contribution in [0, 0.1) is 0 Å². The van der Waals surface area contributed by atoms with Gasteiger partial charge in [0.25, 0.3) is 0 Å². The van der Waals surface area contributed by atoms with Crippen molar-refractivity contribution in [2.45, 2.75) is 12.7 Å². The van der Waals surface area contributed by atoms with Crippen molar-refractivity contribution in [2.24, 2.45) is 0 Å². The zero-order valence-electron chi connectivity index (χ0n) is 15.3. The van der Waals surface area contributed by atoms with Crippen LogP contribution in [0.5, 0.6) is 5.75 Å². The maximum atomic E-state index is 13.0. The summed E-state index contributed by atoms with van der Waals surface area (Å²) in [5.74, 6) is 0.277. The zero-order valence-corrected chi connectivity index (χ0v) is 15.3. The van der Waals surface area contributed by atoms with Crippen LogP contribution in [0.15, 0.2) is 60.7 Å². The average molecular weight is 386 g/mol. The van der Waals surface area contributed by atoms with Gasteiger partial charge in [-0.05, 0) is 35.0 Å². The molecular weight excluding hydrogens is 365 g/mol. The molecule has 1 aliphatic heterocycles. The predicted molar refractivity (Wildman–Crippen MR) is 105 cm³/mol. The first-order valence-corrected chi connectivity index (χ1v) is 9.26. The number of phenols is 1. The van der Waals surface area contributed by atoms with E-state index >= 15 is 0 Å². The van der Waals surface area contributed by atoms with Gasteiger partial charge in [0.05, 0.1) is 5.56 Å². The minimum Gasteiger partial charge on any atom is -0.508 e. The number of alkyl halides is 3. The Morgan fingerprint density at radius 1 is 0.857 bits per heavy atom. The standard InChI is InChI=1S/C22H21F3N2O/c23-22(24,25)17-5-3-6-18(14-17)27-12-10-26(11-13-27)15-20-19-7-2-1-4-16(19)8-9-21(20)28/h1-9,14,28H,10-13,15H2. The van der Waals surface area contributed by atoms with E-state index in [-0.39, 0.29) is 5.75 Å². The van der Waals surface area contributed by atoms with Gasteiger partial charge in [0.15, 0.2) is 0 Å². The van der Waals surface area contributed by atoms with Crippen molar-refractivity contribution in [3.05, 3.63) is 71.8 Å². The van der Waals surface area contributed by atoms with Crippen LogP contribution in [0.2, 0.25) is 0 Å². The van der Waals surface area contributed by atoms with Gasteiger partial charge in [0, 0.05) is 44.0 Å². The molecule has 1 aliphatic rings. The van der Waals surface area contributed by atoms with Crippen LogP contribution in [0.4, 0.5) is 18.9 Å². The van der Waals surface area contributed by atoms with E-state index in [4.69, 9.17) is 0 Å². The Morgan fingerprint density at radius 2 is 1.61 bits per heavy atom. The molecule has 0 aliphatic carbocycles. The quantitative estimate of drug-likeness (QED) is 0.695. The van der Waals surface area contributed by atoms with Crippen LogP contribution in [0.25, 0.3) is 10.8 Å². The molecule has 0 aromatic heterocycles. The fourth-order valence-electron chi connectivity index (χ4n) is 3.76. The molecule has 3 aromatic carbocycles. The maximum absolute atomic E-state index is 13.0. The number of aromatic hydroxyl groups is 1. The van der Waals surface area contributed by atoms with Crippen LogP contribution in [-0.2, 0) is 12.7 Å². The Kier molecular flexibility index (Phi) is 4.89. The van der Waals surface area contributed by atoms with E-state index in [2.05, 4.69) is 4.90 Å². The normalized spacial score (nSPS) is 15.9. The number of hydrogen-bond acceptors (Lipinski definition) is 3. The minimum absolute atomic E-state index is 0.277. The topological polar surface area (TPSA) is 26.7 Å². The lowest BCUT2D eigenvalue weighted by atomic mass is 10.0. The summed E-state index contributed by atoms with van der Waals surface area (Å²) in [6, 6.07) is 17.1. The van der Waals surface area contributed by atoms with E-state index in [0.29, 0.717) is 25.3 Å². The summed E-state index contributed by atoms with van der Waals surface area (Å²) in [5, 5.41) is 12.4.